The summed E-state index contributed by atoms with van der Waals surface area (Å²) in [4.78, 5) is 0. The third kappa shape index (κ3) is 2.86. The second-order valence-electron chi connectivity index (χ2n) is 5.09. The number of tetrazole rings is 1. The first-order valence-electron chi connectivity index (χ1n) is 6.50. The van der Waals surface area contributed by atoms with Crippen molar-refractivity contribution in [2.45, 2.75) is 18.9 Å². The minimum absolute atomic E-state index is 0.0541. The average molecular weight is 328 g/mol. The summed E-state index contributed by atoms with van der Waals surface area (Å²) in [6.07, 6.45) is 1.34. The van der Waals surface area contributed by atoms with Crippen LogP contribution in [0.5, 0.6) is 0 Å². The summed E-state index contributed by atoms with van der Waals surface area (Å²) in [5, 5.41) is 12.1. The van der Waals surface area contributed by atoms with E-state index in [0.29, 0.717) is 28.5 Å². The molecule has 112 valence electrons. The summed E-state index contributed by atoms with van der Waals surface area (Å²) in [5.41, 5.74) is 7.05. The maximum atomic E-state index is 11.8. The van der Waals surface area contributed by atoms with Gasteiger partial charge in [-0.05, 0) is 41.5 Å². The lowest BCUT2D eigenvalue weighted by Gasteiger charge is -2.22. The minimum atomic E-state index is -3.04. The summed E-state index contributed by atoms with van der Waals surface area (Å²) < 4.78 is 25.1. The van der Waals surface area contributed by atoms with Crippen molar-refractivity contribution in [1.82, 2.24) is 20.2 Å². The van der Waals surface area contributed by atoms with E-state index in [2.05, 4.69) is 15.5 Å². The van der Waals surface area contributed by atoms with E-state index in [4.69, 9.17) is 17.3 Å². The summed E-state index contributed by atoms with van der Waals surface area (Å²) in [5.74, 6) is 0.744. The van der Waals surface area contributed by atoms with E-state index in [1.807, 2.05) is 0 Å². The van der Waals surface area contributed by atoms with E-state index in [1.165, 1.54) is 0 Å². The van der Waals surface area contributed by atoms with Gasteiger partial charge in [-0.3, -0.25) is 0 Å². The summed E-state index contributed by atoms with van der Waals surface area (Å²) in [7, 11) is -3.04. The van der Waals surface area contributed by atoms with Crippen LogP contribution in [0.1, 0.15) is 18.9 Å². The zero-order chi connectivity index (χ0) is 15.0. The molecule has 0 saturated carbocycles. The molecule has 1 saturated heterocycles. The molecule has 1 atom stereocenters. The number of nitrogens with zero attached hydrogens (tertiary/aromatic N) is 4. The Kier molecular flexibility index (Phi) is 3.58. The molecule has 0 radical (unpaired) electrons. The zero-order valence-electron chi connectivity index (χ0n) is 11.1. The Morgan fingerprint density at radius 2 is 2.19 bits per heavy atom. The minimum Gasteiger partial charge on any atom is -0.398 e. The highest BCUT2D eigenvalue weighted by molar-refractivity contribution is 7.91. The summed E-state index contributed by atoms with van der Waals surface area (Å²) >= 11 is 5.89. The van der Waals surface area contributed by atoms with Gasteiger partial charge in [-0.2, -0.15) is 0 Å². The number of aromatic nitrogens is 4. The fourth-order valence-electron chi connectivity index (χ4n) is 2.55. The van der Waals surface area contributed by atoms with Crippen LogP contribution in [0.3, 0.4) is 0 Å². The number of nitrogens with two attached hydrogens (primary N) is 1. The Labute approximate surface area is 127 Å². The molecule has 1 fully saturated rings. The first-order valence-corrected chi connectivity index (χ1v) is 8.70. The van der Waals surface area contributed by atoms with E-state index < -0.39 is 9.84 Å². The topological polar surface area (TPSA) is 104 Å². The molecular formula is C12H14ClN5O2S. The number of benzene rings is 1. The van der Waals surface area contributed by atoms with Crippen LogP contribution in [-0.4, -0.2) is 40.1 Å². The van der Waals surface area contributed by atoms with Gasteiger partial charge in [0.05, 0.1) is 17.5 Å². The molecule has 1 aromatic heterocycles. The fourth-order valence-corrected chi connectivity index (χ4v) is 4.39. The predicted octanol–water partition coefficient (Wildman–Crippen LogP) is 1.33. The lowest BCUT2D eigenvalue weighted by molar-refractivity contribution is 0.429. The highest BCUT2D eigenvalue weighted by Gasteiger charge is 2.29. The van der Waals surface area contributed by atoms with Crippen molar-refractivity contribution in [3.8, 4) is 11.4 Å². The van der Waals surface area contributed by atoms with Crippen LogP contribution >= 0.6 is 11.6 Å². The molecule has 0 amide bonds. The van der Waals surface area contributed by atoms with Gasteiger partial charge in [-0.1, -0.05) is 11.6 Å². The maximum Gasteiger partial charge on any atom is 0.184 e. The Morgan fingerprint density at radius 3 is 2.90 bits per heavy atom. The highest BCUT2D eigenvalue weighted by atomic mass is 35.5. The van der Waals surface area contributed by atoms with Gasteiger partial charge in [-0.25, -0.2) is 13.1 Å². The number of halogens is 1. The lowest BCUT2D eigenvalue weighted by atomic mass is 10.1. The second kappa shape index (κ2) is 5.27. The van der Waals surface area contributed by atoms with E-state index >= 15 is 0 Å². The van der Waals surface area contributed by atoms with Gasteiger partial charge in [0.25, 0.3) is 0 Å². The van der Waals surface area contributed by atoms with Gasteiger partial charge in [0.2, 0.25) is 0 Å². The quantitative estimate of drug-likeness (QED) is 0.834. The number of sulfone groups is 1. The van der Waals surface area contributed by atoms with Crippen LogP contribution in [0.25, 0.3) is 11.4 Å². The number of hydrogen-bond donors (Lipinski definition) is 1. The first kappa shape index (κ1) is 14.3. The zero-order valence-corrected chi connectivity index (χ0v) is 12.7. The molecule has 1 aliphatic heterocycles. The SMILES string of the molecule is Nc1cc(Cl)ccc1-c1nnnn1C1CCCS(=O)(=O)C1. The Bertz CT molecular complexity index is 774. The molecule has 3 rings (SSSR count). The normalized spacial score (nSPS) is 21.3. The lowest BCUT2D eigenvalue weighted by Crippen LogP contribution is -2.28. The molecule has 9 heteroatoms. The molecule has 1 unspecified atom stereocenters. The second-order valence-corrected chi connectivity index (χ2v) is 7.75. The molecule has 1 aromatic carbocycles. The third-order valence-electron chi connectivity index (χ3n) is 3.53. The summed E-state index contributed by atoms with van der Waals surface area (Å²) in [6, 6.07) is 4.79. The van der Waals surface area contributed by atoms with Gasteiger partial charge in [-0.15, -0.1) is 5.10 Å². The van der Waals surface area contributed by atoms with Gasteiger partial charge < -0.3 is 5.73 Å². The number of hydrogen-bond acceptors (Lipinski definition) is 6. The standard InChI is InChI=1S/C12H14ClN5O2S/c13-8-3-4-10(11(14)6-8)12-15-16-17-18(12)9-2-1-5-21(19,20)7-9/h3-4,6,9H,1-2,5,7,14H2. The molecule has 0 bridgehead atoms. The van der Waals surface area contributed by atoms with Crippen molar-refractivity contribution in [1.29, 1.82) is 0 Å². The van der Waals surface area contributed by atoms with E-state index in [-0.39, 0.29) is 17.5 Å². The average Bonchev–Trinajstić information content (AvgIpc) is 2.86. The van der Waals surface area contributed by atoms with E-state index in [1.54, 1.807) is 22.9 Å². The van der Waals surface area contributed by atoms with Crippen LogP contribution in [0.2, 0.25) is 5.02 Å². The van der Waals surface area contributed by atoms with Crippen LogP contribution in [0.15, 0.2) is 18.2 Å². The fraction of sp³-hybridized carbons (Fsp3) is 0.417. The molecule has 2 heterocycles. The van der Waals surface area contributed by atoms with Crippen molar-refractivity contribution in [2.75, 3.05) is 17.2 Å². The van der Waals surface area contributed by atoms with Crippen molar-refractivity contribution in [3.63, 3.8) is 0 Å². The van der Waals surface area contributed by atoms with E-state index in [9.17, 15) is 8.42 Å². The monoisotopic (exact) mass is 327 g/mol. The molecular weight excluding hydrogens is 314 g/mol. The van der Waals surface area contributed by atoms with Gasteiger partial charge in [0.1, 0.15) is 0 Å². The van der Waals surface area contributed by atoms with Gasteiger partial charge in [0.15, 0.2) is 15.7 Å². The Morgan fingerprint density at radius 1 is 1.38 bits per heavy atom. The first-order chi connectivity index (χ1) is 9.96. The highest BCUT2D eigenvalue weighted by Crippen LogP contribution is 2.30. The van der Waals surface area contributed by atoms with Crippen molar-refractivity contribution in [2.24, 2.45) is 0 Å². The van der Waals surface area contributed by atoms with Crippen molar-refractivity contribution in [3.05, 3.63) is 23.2 Å². The Balaban J connectivity index is 2.01. The molecule has 0 aliphatic carbocycles. The van der Waals surface area contributed by atoms with Crippen molar-refractivity contribution < 1.29 is 8.42 Å². The molecule has 0 spiro atoms. The number of anilines is 1. The smallest absolute Gasteiger partial charge is 0.184 e. The molecule has 7 nitrogen and oxygen atoms in total. The van der Waals surface area contributed by atoms with Crippen LogP contribution < -0.4 is 5.73 Å². The Hall–Kier alpha value is -1.67. The molecule has 1 aliphatic rings. The largest absolute Gasteiger partial charge is 0.398 e. The van der Waals surface area contributed by atoms with E-state index in [0.717, 1.165) is 6.42 Å². The van der Waals surface area contributed by atoms with Crippen molar-refractivity contribution >= 4 is 27.1 Å². The van der Waals surface area contributed by atoms with Crippen LogP contribution in [-0.2, 0) is 9.84 Å². The van der Waals surface area contributed by atoms with Gasteiger partial charge in [0, 0.05) is 16.3 Å². The van der Waals surface area contributed by atoms with Crippen LogP contribution in [0.4, 0.5) is 5.69 Å². The molecule has 2 aromatic rings. The van der Waals surface area contributed by atoms with Crippen LogP contribution in [0, 0.1) is 0 Å². The number of nitrogen functional groups attached to an aromatic ring is 1. The maximum absolute atomic E-state index is 11.8. The molecule has 21 heavy (non-hydrogen) atoms. The van der Waals surface area contributed by atoms with Gasteiger partial charge >= 0.3 is 0 Å². The number of rotatable bonds is 2. The predicted molar refractivity (Wildman–Crippen MR) is 79.6 cm³/mol. The summed E-state index contributed by atoms with van der Waals surface area (Å²) in [6.45, 7) is 0. The molecule has 2 N–H and O–H groups in total. The third-order valence-corrected chi connectivity index (χ3v) is 5.57.